The Labute approximate surface area is 181 Å². The molecule has 0 fully saturated rings. The molecule has 0 saturated heterocycles. The topological polar surface area (TPSA) is 101 Å². The predicted molar refractivity (Wildman–Crippen MR) is 113 cm³/mol. The number of carbonyl (C=O) groups is 3. The number of fused-ring (bicyclic) bond motifs is 1. The summed E-state index contributed by atoms with van der Waals surface area (Å²) in [6.07, 6.45) is 0.792. The SMILES string of the molecule is CS(=O)(=O)CC[C@@H](C(=O)Nc1ccc(Br)cc1Cl)N1C(=O)c2ccccc2C1=O. The summed E-state index contributed by atoms with van der Waals surface area (Å²) in [5.41, 5.74) is 0.633. The number of hydrogen-bond donors (Lipinski definition) is 1. The quantitative estimate of drug-likeness (QED) is 0.616. The number of nitrogens with zero attached hydrogens (tertiary/aromatic N) is 1. The summed E-state index contributed by atoms with van der Waals surface area (Å²) in [5.74, 6) is -2.35. The normalized spacial score (nSPS) is 14.7. The van der Waals surface area contributed by atoms with Crippen molar-refractivity contribution in [3.8, 4) is 0 Å². The van der Waals surface area contributed by atoms with E-state index in [0.29, 0.717) is 4.47 Å². The number of hydrogen-bond acceptors (Lipinski definition) is 5. The number of benzene rings is 2. The number of carbonyl (C=O) groups excluding carboxylic acids is 3. The fourth-order valence-electron chi connectivity index (χ4n) is 3.00. The monoisotopic (exact) mass is 498 g/mol. The highest BCUT2D eigenvalue weighted by atomic mass is 79.9. The minimum absolute atomic E-state index is 0.177. The van der Waals surface area contributed by atoms with Gasteiger partial charge < -0.3 is 5.32 Å². The third-order valence-corrected chi connectivity index (χ3v) is 6.17. The summed E-state index contributed by atoms with van der Waals surface area (Å²) in [7, 11) is -3.43. The van der Waals surface area contributed by atoms with Gasteiger partial charge in [-0.2, -0.15) is 0 Å². The van der Waals surface area contributed by atoms with Gasteiger partial charge in [-0.3, -0.25) is 19.3 Å². The lowest BCUT2D eigenvalue weighted by atomic mass is 10.1. The van der Waals surface area contributed by atoms with Gasteiger partial charge in [-0.1, -0.05) is 39.7 Å². The van der Waals surface area contributed by atoms with Crippen molar-refractivity contribution in [2.24, 2.45) is 0 Å². The van der Waals surface area contributed by atoms with Gasteiger partial charge in [-0.25, -0.2) is 8.42 Å². The molecular formula is C19H16BrClN2O5S. The molecule has 10 heteroatoms. The Kier molecular flexibility index (Phi) is 6.11. The van der Waals surface area contributed by atoms with Crippen LogP contribution in [-0.2, 0) is 14.6 Å². The van der Waals surface area contributed by atoms with Crippen LogP contribution in [0.3, 0.4) is 0 Å². The molecular weight excluding hydrogens is 484 g/mol. The fraction of sp³-hybridized carbons (Fsp3) is 0.211. The van der Waals surface area contributed by atoms with E-state index in [4.69, 9.17) is 11.6 Å². The number of rotatable bonds is 6. The van der Waals surface area contributed by atoms with Gasteiger partial charge in [-0.05, 0) is 36.8 Å². The number of halogens is 2. The molecule has 0 radical (unpaired) electrons. The maximum Gasteiger partial charge on any atom is 0.262 e. The average molecular weight is 500 g/mol. The molecule has 1 atom stereocenters. The molecule has 0 bridgehead atoms. The van der Waals surface area contributed by atoms with Gasteiger partial charge in [-0.15, -0.1) is 0 Å². The van der Waals surface area contributed by atoms with Crippen LogP contribution in [0.1, 0.15) is 27.1 Å². The van der Waals surface area contributed by atoms with Crippen LogP contribution in [0.2, 0.25) is 5.02 Å². The first kappa shape index (κ1) is 21.5. The van der Waals surface area contributed by atoms with Crippen molar-refractivity contribution in [3.63, 3.8) is 0 Å². The van der Waals surface area contributed by atoms with Crippen molar-refractivity contribution in [3.05, 3.63) is 63.1 Å². The fourth-order valence-corrected chi connectivity index (χ4v) is 4.37. The van der Waals surface area contributed by atoms with E-state index in [9.17, 15) is 22.8 Å². The zero-order valence-electron chi connectivity index (χ0n) is 15.2. The molecule has 1 N–H and O–H groups in total. The summed E-state index contributed by atoms with van der Waals surface area (Å²) >= 11 is 9.39. The number of sulfone groups is 1. The molecule has 3 amide bonds. The zero-order valence-corrected chi connectivity index (χ0v) is 18.3. The molecule has 0 saturated carbocycles. The molecule has 7 nitrogen and oxygen atoms in total. The van der Waals surface area contributed by atoms with Crippen molar-refractivity contribution in [1.29, 1.82) is 0 Å². The van der Waals surface area contributed by atoms with E-state index in [2.05, 4.69) is 21.2 Å². The maximum absolute atomic E-state index is 13.0. The Hall–Kier alpha value is -2.23. The van der Waals surface area contributed by atoms with Crippen LogP contribution in [0.4, 0.5) is 5.69 Å². The maximum atomic E-state index is 13.0. The zero-order chi connectivity index (χ0) is 21.3. The minimum Gasteiger partial charge on any atom is -0.323 e. The lowest BCUT2D eigenvalue weighted by Gasteiger charge is -2.25. The van der Waals surface area contributed by atoms with Crippen molar-refractivity contribution >= 4 is 60.8 Å². The lowest BCUT2D eigenvalue weighted by molar-refractivity contribution is -0.120. The lowest BCUT2D eigenvalue weighted by Crippen LogP contribution is -2.48. The van der Waals surface area contributed by atoms with E-state index >= 15 is 0 Å². The molecule has 0 unspecified atom stereocenters. The third-order valence-electron chi connectivity index (χ3n) is 4.39. The summed E-state index contributed by atoms with van der Waals surface area (Å²) < 4.78 is 24.0. The first-order chi connectivity index (χ1) is 13.6. The van der Waals surface area contributed by atoms with Gasteiger partial charge in [0.25, 0.3) is 11.8 Å². The average Bonchev–Trinajstić information content (AvgIpc) is 2.89. The number of nitrogens with one attached hydrogen (secondary N) is 1. The summed E-state index contributed by atoms with van der Waals surface area (Å²) in [6.45, 7) is 0. The Bertz CT molecular complexity index is 1080. The van der Waals surface area contributed by atoms with Crippen molar-refractivity contribution in [2.75, 3.05) is 17.3 Å². The van der Waals surface area contributed by atoms with E-state index in [-0.39, 0.29) is 34.0 Å². The van der Waals surface area contributed by atoms with Crippen LogP contribution < -0.4 is 5.32 Å². The van der Waals surface area contributed by atoms with Crippen molar-refractivity contribution < 1.29 is 22.8 Å². The van der Waals surface area contributed by atoms with Gasteiger partial charge in [0.1, 0.15) is 15.9 Å². The summed E-state index contributed by atoms with van der Waals surface area (Å²) in [6, 6.07) is 9.69. The van der Waals surface area contributed by atoms with Gasteiger partial charge in [0.05, 0.1) is 27.6 Å². The molecule has 2 aromatic carbocycles. The van der Waals surface area contributed by atoms with Crippen LogP contribution in [-0.4, -0.2) is 49.1 Å². The highest BCUT2D eigenvalue weighted by Gasteiger charge is 2.42. The molecule has 3 rings (SSSR count). The second-order valence-electron chi connectivity index (χ2n) is 6.57. The molecule has 152 valence electrons. The Morgan fingerprint density at radius 1 is 1.14 bits per heavy atom. The summed E-state index contributed by atoms with van der Waals surface area (Å²) in [5, 5.41) is 2.83. The van der Waals surface area contributed by atoms with Gasteiger partial charge >= 0.3 is 0 Å². The number of imide groups is 1. The van der Waals surface area contributed by atoms with Crippen LogP contribution in [0.25, 0.3) is 0 Å². The second-order valence-corrected chi connectivity index (χ2v) is 10.2. The highest BCUT2D eigenvalue weighted by Crippen LogP contribution is 2.29. The predicted octanol–water partition coefficient (Wildman–Crippen LogP) is 3.14. The Balaban J connectivity index is 1.93. The first-order valence-corrected chi connectivity index (χ1v) is 11.7. The molecule has 29 heavy (non-hydrogen) atoms. The van der Waals surface area contributed by atoms with Gasteiger partial charge in [0.15, 0.2) is 0 Å². The van der Waals surface area contributed by atoms with Gasteiger partial charge in [0.2, 0.25) is 5.91 Å². The molecule has 0 aromatic heterocycles. The number of amides is 3. The minimum atomic E-state index is -3.43. The van der Waals surface area contributed by atoms with E-state index in [1.165, 1.54) is 12.1 Å². The van der Waals surface area contributed by atoms with Crippen LogP contribution in [0.15, 0.2) is 46.9 Å². The number of anilines is 1. The van der Waals surface area contributed by atoms with Crippen molar-refractivity contribution in [2.45, 2.75) is 12.5 Å². The Morgan fingerprint density at radius 2 is 1.72 bits per heavy atom. The molecule has 1 aliphatic rings. The van der Waals surface area contributed by atoms with Crippen molar-refractivity contribution in [1.82, 2.24) is 4.90 Å². The van der Waals surface area contributed by atoms with E-state index in [0.717, 1.165) is 11.2 Å². The molecule has 1 heterocycles. The first-order valence-electron chi connectivity index (χ1n) is 8.49. The molecule has 2 aromatic rings. The van der Waals surface area contributed by atoms with E-state index in [1.807, 2.05) is 0 Å². The van der Waals surface area contributed by atoms with Crippen LogP contribution in [0.5, 0.6) is 0 Å². The summed E-state index contributed by atoms with van der Waals surface area (Å²) in [4.78, 5) is 39.4. The van der Waals surface area contributed by atoms with E-state index < -0.39 is 33.6 Å². The molecule has 1 aliphatic heterocycles. The largest absolute Gasteiger partial charge is 0.323 e. The second kappa shape index (κ2) is 8.25. The third kappa shape index (κ3) is 4.68. The molecule has 0 spiro atoms. The van der Waals surface area contributed by atoms with Gasteiger partial charge in [0, 0.05) is 10.7 Å². The molecule has 0 aliphatic carbocycles. The smallest absolute Gasteiger partial charge is 0.262 e. The highest BCUT2D eigenvalue weighted by molar-refractivity contribution is 9.10. The standard InChI is InChI=1S/C19H16BrClN2O5S/c1-29(27,28)9-8-16(17(24)22-15-7-6-11(20)10-14(15)21)23-18(25)12-4-2-3-5-13(12)19(23)26/h2-7,10,16H,8-9H2,1H3,(H,22,24)/t16-/m0/s1. The Morgan fingerprint density at radius 3 is 2.24 bits per heavy atom. The van der Waals surface area contributed by atoms with E-state index in [1.54, 1.807) is 30.3 Å². The van der Waals surface area contributed by atoms with Crippen LogP contribution in [0, 0.1) is 0 Å². The van der Waals surface area contributed by atoms with Crippen LogP contribution >= 0.6 is 27.5 Å².